The molecular weight excluding hydrogens is 304 g/mol. The van der Waals surface area contributed by atoms with Crippen LogP contribution in [-0.2, 0) is 0 Å². The molecule has 0 saturated carbocycles. The molecule has 1 aliphatic rings. The molecule has 2 aromatic heterocycles. The highest BCUT2D eigenvalue weighted by molar-refractivity contribution is 5.88. The maximum atomic E-state index is 12.3. The second kappa shape index (κ2) is 7.29. The van der Waals surface area contributed by atoms with Crippen LogP contribution in [0.3, 0.4) is 0 Å². The third-order valence-electron chi connectivity index (χ3n) is 4.39. The van der Waals surface area contributed by atoms with Crippen molar-refractivity contribution in [2.75, 3.05) is 25.5 Å². The fourth-order valence-electron chi connectivity index (χ4n) is 2.90. The molecule has 0 aromatic carbocycles. The Morgan fingerprint density at radius 3 is 2.54 bits per heavy atom. The van der Waals surface area contributed by atoms with E-state index >= 15 is 0 Å². The molecule has 0 bridgehead atoms. The van der Waals surface area contributed by atoms with Crippen molar-refractivity contribution in [1.82, 2.24) is 14.9 Å². The van der Waals surface area contributed by atoms with Crippen molar-refractivity contribution in [1.29, 1.82) is 0 Å². The van der Waals surface area contributed by atoms with E-state index in [0.29, 0.717) is 17.5 Å². The lowest BCUT2D eigenvalue weighted by molar-refractivity contribution is 0.194. The van der Waals surface area contributed by atoms with Crippen LogP contribution in [0, 0.1) is 6.92 Å². The zero-order valence-corrected chi connectivity index (χ0v) is 14.0. The van der Waals surface area contributed by atoms with Crippen LogP contribution in [0.1, 0.15) is 30.0 Å². The van der Waals surface area contributed by atoms with Gasteiger partial charge >= 0.3 is 6.03 Å². The number of hydrogen-bond acceptors (Lipinski definition) is 4. The number of piperidine rings is 1. The van der Waals surface area contributed by atoms with E-state index in [1.54, 1.807) is 25.4 Å². The summed E-state index contributed by atoms with van der Waals surface area (Å²) in [5.41, 5.74) is 2.29. The van der Waals surface area contributed by atoms with E-state index in [1.807, 2.05) is 24.1 Å². The fraction of sp³-hybridized carbons (Fsp3) is 0.389. The summed E-state index contributed by atoms with van der Waals surface area (Å²) in [7, 11) is 1.59. The summed E-state index contributed by atoms with van der Waals surface area (Å²) in [5, 5.41) is 2.83. The standard InChI is InChI=1S/C18H22N4O2/c1-13-3-4-15(11-19-13)14-7-9-22(10-8-14)18(23)21-17-6-5-16(24-2)12-20-17/h3-6,11-12,14H,7-10H2,1-2H3,(H,20,21,23). The molecule has 24 heavy (non-hydrogen) atoms. The number of hydrogen-bond donors (Lipinski definition) is 1. The van der Waals surface area contributed by atoms with Crippen LogP contribution >= 0.6 is 0 Å². The van der Waals surface area contributed by atoms with Gasteiger partial charge in [0.05, 0.1) is 13.3 Å². The van der Waals surface area contributed by atoms with Gasteiger partial charge in [0.1, 0.15) is 11.6 Å². The molecule has 0 radical (unpaired) electrons. The number of anilines is 1. The Morgan fingerprint density at radius 2 is 1.96 bits per heavy atom. The van der Waals surface area contributed by atoms with Gasteiger partial charge in [0.2, 0.25) is 0 Å². The van der Waals surface area contributed by atoms with Gasteiger partial charge in [-0.15, -0.1) is 0 Å². The van der Waals surface area contributed by atoms with Crippen molar-refractivity contribution >= 4 is 11.8 Å². The highest BCUT2D eigenvalue weighted by Crippen LogP contribution is 2.27. The van der Waals surface area contributed by atoms with E-state index in [4.69, 9.17) is 4.74 Å². The lowest BCUT2D eigenvalue weighted by atomic mass is 9.90. The number of nitrogens with zero attached hydrogens (tertiary/aromatic N) is 3. The molecule has 126 valence electrons. The number of carbonyl (C=O) groups is 1. The molecule has 0 unspecified atom stereocenters. The van der Waals surface area contributed by atoms with Crippen LogP contribution in [0.15, 0.2) is 36.7 Å². The van der Waals surface area contributed by atoms with Crippen LogP contribution < -0.4 is 10.1 Å². The molecule has 1 N–H and O–H groups in total. The smallest absolute Gasteiger partial charge is 0.323 e. The number of urea groups is 1. The van der Waals surface area contributed by atoms with Gasteiger partial charge in [0.25, 0.3) is 0 Å². The summed E-state index contributed by atoms with van der Waals surface area (Å²) in [5.74, 6) is 1.67. The summed E-state index contributed by atoms with van der Waals surface area (Å²) in [4.78, 5) is 22.7. The summed E-state index contributed by atoms with van der Waals surface area (Å²) in [6, 6.07) is 7.60. The van der Waals surface area contributed by atoms with Crippen molar-refractivity contribution in [3.63, 3.8) is 0 Å². The van der Waals surface area contributed by atoms with E-state index in [1.165, 1.54) is 5.56 Å². The van der Waals surface area contributed by atoms with Gasteiger partial charge in [0, 0.05) is 25.0 Å². The summed E-state index contributed by atoms with van der Waals surface area (Å²) in [6.07, 6.45) is 5.45. The molecule has 1 fully saturated rings. The highest BCUT2D eigenvalue weighted by Gasteiger charge is 2.24. The van der Waals surface area contributed by atoms with Crippen molar-refractivity contribution in [3.05, 3.63) is 47.9 Å². The van der Waals surface area contributed by atoms with Gasteiger partial charge in [-0.25, -0.2) is 9.78 Å². The first kappa shape index (κ1) is 16.2. The minimum Gasteiger partial charge on any atom is -0.495 e. The molecule has 1 saturated heterocycles. The van der Waals surface area contributed by atoms with Crippen molar-refractivity contribution in [2.24, 2.45) is 0 Å². The number of pyridine rings is 2. The molecule has 3 heterocycles. The molecule has 0 spiro atoms. The maximum Gasteiger partial charge on any atom is 0.323 e. The Kier molecular flexibility index (Phi) is 4.93. The number of amides is 2. The molecule has 3 rings (SSSR count). The highest BCUT2D eigenvalue weighted by atomic mass is 16.5. The number of aromatic nitrogens is 2. The summed E-state index contributed by atoms with van der Waals surface area (Å²) in [6.45, 7) is 3.46. The third-order valence-corrected chi connectivity index (χ3v) is 4.39. The topological polar surface area (TPSA) is 67.3 Å². The average Bonchev–Trinajstić information content (AvgIpc) is 2.63. The maximum absolute atomic E-state index is 12.3. The lowest BCUT2D eigenvalue weighted by Crippen LogP contribution is -2.40. The van der Waals surface area contributed by atoms with E-state index in [9.17, 15) is 4.79 Å². The first-order valence-corrected chi connectivity index (χ1v) is 8.14. The molecular formula is C18H22N4O2. The Balaban J connectivity index is 1.53. The number of ether oxygens (including phenoxy) is 1. The van der Waals surface area contributed by atoms with Crippen LogP contribution in [0.25, 0.3) is 0 Å². The molecule has 2 aromatic rings. The Hall–Kier alpha value is -2.63. The van der Waals surface area contributed by atoms with Gasteiger partial charge < -0.3 is 9.64 Å². The van der Waals surface area contributed by atoms with Crippen molar-refractivity contribution in [3.8, 4) is 5.75 Å². The van der Waals surface area contributed by atoms with Crippen molar-refractivity contribution in [2.45, 2.75) is 25.7 Å². The molecule has 0 atom stereocenters. The Bertz CT molecular complexity index is 677. The van der Waals surface area contributed by atoms with Gasteiger partial charge in [-0.1, -0.05) is 6.07 Å². The Labute approximate surface area is 141 Å². The first-order valence-electron chi connectivity index (χ1n) is 8.14. The van der Waals surface area contributed by atoms with Gasteiger partial charge in [-0.2, -0.15) is 0 Å². The number of aryl methyl sites for hydroxylation is 1. The predicted octanol–water partition coefficient (Wildman–Crippen LogP) is 3.21. The van der Waals surface area contributed by atoms with E-state index < -0.39 is 0 Å². The quantitative estimate of drug-likeness (QED) is 0.940. The second-order valence-corrected chi connectivity index (χ2v) is 6.01. The minimum atomic E-state index is -0.104. The zero-order valence-electron chi connectivity index (χ0n) is 14.0. The van der Waals surface area contributed by atoms with Crippen LogP contribution in [0.5, 0.6) is 5.75 Å². The number of carbonyl (C=O) groups excluding carboxylic acids is 1. The van der Waals surface area contributed by atoms with Crippen LogP contribution in [-0.4, -0.2) is 41.1 Å². The van der Waals surface area contributed by atoms with Gasteiger partial charge in [-0.05, 0) is 49.4 Å². The van der Waals surface area contributed by atoms with Crippen molar-refractivity contribution < 1.29 is 9.53 Å². The summed E-state index contributed by atoms with van der Waals surface area (Å²) < 4.78 is 5.06. The monoisotopic (exact) mass is 326 g/mol. The normalized spacial score (nSPS) is 15.2. The predicted molar refractivity (Wildman–Crippen MR) is 92.3 cm³/mol. The summed E-state index contributed by atoms with van der Waals surface area (Å²) >= 11 is 0. The van der Waals surface area contributed by atoms with E-state index in [0.717, 1.165) is 31.6 Å². The van der Waals surface area contributed by atoms with Crippen LogP contribution in [0.2, 0.25) is 0 Å². The number of rotatable bonds is 3. The number of likely N-dealkylation sites (tertiary alicyclic amines) is 1. The molecule has 6 nitrogen and oxygen atoms in total. The largest absolute Gasteiger partial charge is 0.495 e. The van der Waals surface area contributed by atoms with Crippen LogP contribution in [0.4, 0.5) is 10.6 Å². The van der Waals surface area contributed by atoms with E-state index in [-0.39, 0.29) is 6.03 Å². The molecule has 1 aliphatic heterocycles. The lowest BCUT2D eigenvalue weighted by Gasteiger charge is -2.32. The molecule has 2 amide bonds. The number of methoxy groups -OCH3 is 1. The van der Waals surface area contributed by atoms with Gasteiger partial charge in [0.15, 0.2) is 0 Å². The Morgan fingerprint density at radius 1 is 1.17 bits per heavy atom. The third kappa shape index (κ3) is 3.82. The van der Waals surface area contributed by atoms with E-state index in [2.05, 4.69) is 21.4 Å². The molecule has 6 heteroatoms. The minimum absolute atomic E-state index is 0.104. The second-order valence-electron chi connectivity index (χ2n) is 6.01. The number of nitrogens with one attached hydrogen (secondary N) is 1. The average molecular weight is 326 g/mol. The van der Waals surface area contributed by atoms with Gasteiger partial charge in [-0.3, -0.25) is 10.3 Å². The zero-order chi connectivity index (χ0) is 16.9. The SMILES string of the molecule is COc1ccc(NC(=O)N2CCC(c3ccc(C)nc3)CC2)nc1. The fourth-order valence-corrected chi connectivity index (χ4v) is 2.90. The first-order chi connectivity index (χ1) is 11.7. The molecule has 0 aliphatic carbocycles.